The molecule has 18 heavy (non-hydrogen) atoms. The SMILES string of the molecule is CC(CNC(=O)C(C)NC(=O)C(C)(C)C)C(=O)O. The van der Waals surface area contributed by atoms with E-state index in [9.17, 15) is 14.4 Å². The molecule has 0 spiro atoms. The number of carboxylic acid groups (broad SMARTS) is 1. The van der Waals surface area contributed by atoms with Crippen molar-refractivity contribution in [1.29, 1.82) is 0 Å². The second-order valence-corrected chi connectivity index (χ2v) is 5.43. The van der Waals surface area contributed by atoms with E-state index < -0.39 is 23.3 Å². The van der Waals surface area contributed by atoms with E-state index in [-0.39, 0.29) is 18.4 Å². The van der Waals surface area contributed by atoms with Crippen LogP contribution in [0.5, 0.6) is 0 Å². The van der Waals surface area contributed by atoms with Crippen LogP contribution in [0, 0.1) is 11.3 Å². The van der Waals surface area contributed by atoms with Crippen molar-refractivity contribution in [3.8, 4) is 0 Å². The number of carboxylic acids is 1. The lowest BCUT2D eigenvalue weighted by Crippen LogP contribution is -2.49. The molecule has 0 aliphatic rings. The van der Waals surface area contributed by atoms with Crippen molar-refractivity contribution >= 4 is 17.8 Å². The summed E-state index contributed by atoms with van der Waals surface area (Å²) in [6.45, 7) is 8.35. The summed E-state index contributed by atoms with van der Waals surface area (Å²) in [6.07, 6.45) is 0. The van der Waals surface area contributed by atoms with Gasteiger partial charge in [-0.15, -0.1) is 0 Å². The fraction of sp³-hybridized carbons (Fsp3) is 0.750. The molecule has 0 aliphatic heterocycles. The van der Waals surface area contributed by atoms with Gasteiger partial charge >= 0.3 is 5.97 Å². The maximum absolute atomic E-state index is 11.6. The first-order valence-electron chi connectivity index (χ1n) is 5.87. The predicted molar refractivity (Wildman–Crippen MR) is 66.9 cm³/mol. The zero-order valence-corrected chi connectivity index (χ0v) is 11.5. The molecule has 0 aromatic heterocycles. The lowest BCUT2D eigenvalue weighted by atomic mass is 9.95. The molecule has 0 bridgehead atoms. The van der Waals surface area contributed by atoms with E-state index in [1.807, 2.05) is 0 Å². The Bertz CT molecular complexity index is 333. The number of rotatable bonds is 5. The normalized spacial score (nSPS) is 14.5. The summed E-state index contributed by atoms with van der Waals surface area (Å²) in [5, 5.41) is 13.7. The molecule has 6 nitrogen and oxygen atoms in total. The van der Waals surface area contributed by atoms with Crippen LogP contribution in [0.25, 0.3) is 0 Å². The highest BCUT2D eigenvalue weighted by molar-refractivity contribution is 5.89. The third-order valence-corrected chi connectivity index (χ3v) is 2.43. The fourth-order valence-electron chi connectivity index (χ4n) is 0.973. The first-order chi connectivity index (χ1) is 8.05. The number of aliphatic carboxylic acids is 1. The van der Waals surface area contributed by atoms with Crippen molar-refractivity contribution in [3.63, 3.8) is 0 Å². The monoisotopic (exact) mass is 258 g/mol. The molecule has 0 saturated heterocycles. The van der Waals surface area contributed by atoms with E-state index in [1.165, 1.54) is 6.92 Å². The fourth-order valence-corrected chi connectivity index (χ4v) is 0.973. The molecule has 6 heteroatoms. The maximum Gasteiger partial charge on any atom is 0.308 e. The zero-order chi connectivity index (χ0) is 14.5. The van der Waals surface area contributed by atoms with E-state index in [4.69, 9.17) is 5.11 Å². The Morgan fingerprint density at radius 3 is 2.06 bits per heavy atom. The van der Waals surface area contributed by atoms with Gasteiger partial charge in [-0.2, -0.15) is 0 Å². The molecule has 0 rings (SSSR count). The van der Waals surface area contributed by atoms with E-state index >= 15 is 0 Å². The third-order valence-electron chi connectivity index (χ3n) is 2.43. The van der Waals surface area contributed by atoms with Gasteiger partial charge in [0, 0.05) is 12.0 Å². The molecular formula is C12H22N2O4. The van der Waals surface area contributed by atoms with Gasteiger partial charge in [0.05, 0.1) is 5.92 Å². The molecule has 0 aromatic rings. The molecule has 2 amide bonds. The summed E-state index contributed by atoms with van der Waals surface area (Å²) in [4.78, 5) is 33.8. The average Bonchev–Trinajstić information content (AvgIpc) is 2.23. The van der Waals surface area contributed by atoms with Gasteiger partial charge in [0.1, 0.15) is 6.04 Å². The number of amides is 2. The van der Waals surface area contributed by atoms with E-state index in [0.717, 1.165) is 0 Å². The second-order valence-electron chi connectivity index (χ2n) is 5.43. The van der Waals surface area contributed by atoms with Crippen molar-refractivity contribution in [3.05, 3.63) is 0 Å². The van der Waals surface area contributed by atoms with Gasteiger partial charge in [-0.05, 0) is 6.92 Å². The lowest BCUT2D eigenvalue weighted by molar-refractivity contribution is -0.141. The van der Waals surface area contributed by atoms with Crippen molar-refractivity contribution in [2.75, 3.05) is 6.54 Å². The smallest absolute Gasteiger partial charge is 0.308 e. The van der Waals surface area contributed by atoms with Gasteiger partial charge in [-0.1, -0.05) is 27.7 Å². The van der Waals surface area contributed by atoms with Crippen LogP contribution in [-0.4, -0.2) is 35.5 Å². The maximum atomic E-state index is 11.6. The number of nitrogens with one attached hydrogen (secondary N) is 2. The van der Waals surface area contributed by atoms with Crippen LogP contribution in [0.4, 0.5) is 0 Å². The van der Waals surface area contributed by atoms with Gasteiger partial charge in [-0.3, -0.25) is 14.4 Å². The van der Waals surface area contributed by atoms with Crippen LogP contribution < -0.4 is 10.6 Å². The van der Waals surface area contributed by atoms with Crippen LogP contribution in [0.3, 0.4) is 0 Å². The molecule has 0 heterocycles. The number of carbonyl (C=O) groups is 3. The highest BCUT2D eigenvalue weighted by Crippen LogP contribution is 2.12. The third kappa shape index (κ3) is 5.65. The Kier molecular flexibility index (Phi) is 5.81. The van der Waals surface area contributed by atoms with Crippen molar-refractivity contribution < 1.29 is 19.5 Å². The Morgan fingerprint density at radius 1 is 1.17 bits per heavy atom. The van der Waals surface area contributed by atoms with Crippen LogP contribution in [0.15, 0.2) is 0 Å². The molecule has 2 unspecified atom stereocenters. The summed E-state index contributed by atoms with van der Waals surface area (Å²) in [6, 6.07) is -0.683. The molecule has 3 N–H and O–H groups in total. The van der Waals surface area contributed by atoms with Gasteiger partial charge in [0.15, 0.2) is 0 Å². The highest BCUT2D eigenvalue weighted by atomic mass is 16.4. The topological polar surface area (TPSA) is 95.5 Å². The Labute approximate surface area is 107 Å². The first kappa shape index (κ1) is 16.4. The van der Waals surface area contributed by atoms with Gasteiger partial charge in [0.25, 0.3) is 0 Å². The Morgan fingerprint density at radius 2 is 1.67 bits per heavy atom. The zero-order valence-electron chi connectivity index (χ0n) is 11.5. The standard InChI is InChI=1S/C12H22N2O4/c1-7(10(16)17)6-13-9(15)8(2)14-11(18)12(3,4)5/h7-8H,6H2,1-5H3,(H,13,15)(H,14,18)(H,16,17). The Balaban J connectivity index is 4.20. The predicted octanol–water partition coefficient (Wildman–Crippen LogP) is 0.374. The second kappa shape index (κ2) is 6.37. The quantitative estimate of drug-likeness (QED) is 0.664. The minimum absolute atomic E-state index is 0.0455. The lowest BCUT2D eigenvalue weighted by Gasteiger charge is -2.21. The molecule has 0 aliphatic carbocycles. The largest absolute Gasteiger partial charge is 0.481 e. The number of hydrogen-bond acceptors (Lipinski definition) is 3. The highest BCUT2D eigenvalue weighted by Gasteiger charge is 2.25. The number of carbonyl (C=O) groups excluding carboxylic acids is 2. The number of hydrogen-bond donors (Lipinski definition) is 3. The molecule has 104 valence electrons. The van der Waals surface area contributed by atoms with Crippen molar-refractivity contribution in [1.82, 2.24) is 10.6 Å². The van der Waals surface area contributed by atoms with Gasteiger partial charge in [-0.25, -0.2) is 0 Å². The molecule has 0 fully saturated rings. The van der Waals surface area contributed by atoms with Crippen LogP contribution in [0.2, 0.25) is 0 Å². The Hall–Kier alpha value is -1.59. The van der Waals surface area contributed by atoms with Crippen LogP contribution >= 0.6 is 0 Å². The van der Waals surface area contributed by atoms with Gasteiger partial charge in [0.2, 0.25) is 11.8 Å². The molecule has 2 atom stereocenters. The van der Waals surface area contributed by atoms with Gasteiger partial charge < -0.3 is 15.7 Å². The summed E-state index contributed by atoms with van der Waals surface area (Å²) < 4.78 is 0. The van der Waals surface area contributed by atoms with Crippen LogP contribution in [-0.2, 0) is 14.4 Å². The summed E-state index contributed by atoms with van der Waals surface area (Å²) in [7, 11) is 0. The van der Waals surface area contributed by atoms with E-state index in [2.05, 4.69) is 10.6 Å². The molecular weight excluding hydrogens is 236 g/mol. The first-order valence-corrected chi connectivity index (χ1v) is 5.87. The van der Waals surface area contributed by atoms with E-state index in [1.54, 1.807) is 27.7 Å². The molecule has 0 radical (unpaired) electrons. The minimum atomic E-state index is -0.971. The van der Waals surface area contributed by atoms with Crippen LogP contribution in [0.1, 0.15) is 34.6 Å². The minimum Gasteiger partial charge on any atom is -0.481 e. The van der Waals surface area contributed by atoms with E-state index in [0.29, 0.717) is 0 Å². The van der Waals surface area contributed by atoms with Crippen molar-refractivity contribution in [2.45, 2.75) is 40.7 Å². The average molecular weight is 258 g/mol. The summed E-state index contributed by atoms with van der Waals surface area (Å²) >= 11 is 0. The summed E-state index contributed by atoms with van der Waals surface area (Å²) in [5.74, 6) is -2.24. The van der Waals surface area contributed by atoms with Crippen molar-refractivity contribution in [2.24, 2.45) is 11.3 Å². The molecule has 0 saturated carbocycles. The molecule has 0 aromatic carbocycles. The summed E-state index contributed by atoms with van der Waals surface area (Å²) in [5.41, 5.74) is -0.567.